The maximum atomic E-state index is 11.7. The highest BCUT2D eigenvalue weighted by Crippen LogP contribution is 2.18. The van der Waals surface area contributed by atoms with Gasteiger partial charge in [0.15, 0.2) is 0 Å². The smallest absolute Gasteiger partial charge is 0.240 e. The number of benzene rings is 1. The highest BCUT2D eigenvalue weighted by molar-refractivity contribution is 5.83. The van der Waals surface area contributed by atoms with Crippen LogP contribution in [-0.2, 0) is 11.2 Å². The van der Waals surface area contributed by atoms with Crippen LogP contribution in [0, 0.1) is 0 Å². The van der Waals surface area contributed by atoms with E-state index in [9.17, 15) is 4.79 Å². The van der Waals surface area contributed by atoms with Crippen molar-refractivity contribution in [2.24, 2.45) is 5.73 Å². The zero-order chi connectivity index (χ0) is 16.8. The maximum absolute atomic E-state index is 11.7. The molecule has 0 spiro atoms. The lowest BCUT2D eigenvalue weighted by Gasteiger charge is -2.17. The molecule has 0 fully saturated rings. The van der Waals surface area contributed by atoms with Crippen molar-refractivity contribution in [3.8, 4) is 11.3 Å². The minimum absolute atomic E-state index is 0.392. The van der Waals surface area contributed by atoms with E-state index < -0.39 is 11.9 Å². The van der Waals surface area contributed by atoms with Crippen molar-refractivity contribution in [2.75, 3.05) is 5.32 Å². The van der Waals surface area contributed by atoms with Gasteiger partial charge in [0.05, 0.1) is 17.6 Å². The second-order valence-electron chi connectivity index (χ2n) is 5.46. The zero-order valence-corrected chi connectivity index (χ0v) is 13.1. The van der Waals surface area contributed by atoms with Gasteiger partial charge in [0.2, 0.25) is 5.91 Å². The van der Waals surface area contributed by atoms with Crippen molar-refractivity contribution < 1.29 is 4.79 Å². The second-order valence-corrected chi connectivity index (χ2v) is 5.46. The average molecular weight is 318 g/mol. The first-order valence-electron chi connectivity index (χ1n) is 7.68. The molecule has 2 aromatic heterocycles. The number of nitrogens with zero attached hydrogens (tertiary/aromatic N) is 2. The molecule has 5 nitrogen and oxygen atoms in total. The van der Waals surface area contributed by atoms with Crippen LogP contribution in [0.3, 0.4) is 0 Å². The number of pyridine rings is 2. The zero-order valence-electron chi connectivity index (χ0n) is 13.1. The lowest BCUT2D eigenvalue weighted by atomic mass is 10.1. The Labute approximate surface area is 140 Å². The molecule has 1 aromatic carbocycles. The number of aromatic nitrogens is 2. The van der Waals surface area contributed by atoms with Crippen molar-refractivity contribution in [1.82, 2.24) is 9.97 Å². The lowest BCUT2D eigenvalue weighted by molar-refractivity contribution is -0.118. The number of primary amides is 1. The molecule has 5 heteroatoms. The third-order valence-electron chi connectivity index (χ3n) is 3.71. The maximum Gasteiger partial charge on any atom is 0.240 e. The molecule has 0 aliphatic heterocycles. The largest absolute Gasteiger partial charge is 0.372 e. The van der Waals surface area contributed by atoms with Gasteiger partial charge < -0.3 is 11.1 Å². The quantitative estimate of drug-likeness (QED) is 0.732. The predicted octanol–water partition coefficient (Wildman–Crippen LogP) is 2.65. The van der Waals surface area contributed by atoms with Crippen LogP contribution in [0.2, 0.25) is 0 Å². The van der Waals surface area contributed by atoms with E-state index in [1.54, 1.807) is 18.6 Å². The molecule has 3 rings (SSSR count). The van der Waals surface area contributed by atoms with Gasteiger partial charge in [-0.2, -0.15) is 0 Å². The van der Waals surface area contributed by atoms with Gasteiger partial charge in [-0.1, -0.05) is 30.3 Å². The van der Waals surface area contributed by atoms with E-state index in [0.717, 1.165) is 22.5 Å². The Bertz CT molecular complexity index is 789. The van der Waals surface area contributed by atoms with Crippen LogP contribution in [0.5, 0.6) is 0 Å². The van der Waals surface area contributed by atoms with Gasteiger partial charge in [-0.3, -0.25) is 14.8 Å². The minimum atomic E-state index is -0.485. The van der Waals surface area contributed by atoms with Crippen molar-refractivity contribution in [3.05, 3.63) is 78.8 Å². The van der Waals surface area contributed by atoms with E-state index in [2.05, 4.69) is 15.3 Å². The summed E-state index contributed by atoms with van der Waals surface area (Å²) in [5, 5.41) is 3.16. The van der Waals surface area contributed by atoms with Gasteiger partial charge in [-0.25, -0.2) is 0 Å². The number of nitrogens with two attached hydrogens (primary N) is 1. The molecule has 0 bridgehead atoms. The van der Waals surface area contributed by atoms with E-state index in [1.807, 2.05) is 54.6 Å². The summed E-state index contributed by atoms with van der Waals surface area (Å²) in [7, 11) is 0. The Kier molecular flexibility index (Phi) is 4.81. The highest BCUT2D eigenvalue weighted by Gasteiger charge is 2.15. The summed E-state index contributed by atoms with van der Waals surface area (Å²) in [5.41, 5.74) is 9.17. The summed E-state index contributed by atoms with van der Waals surface area (Å²) in [6.45, 7) is 0. The first kappa shape index (κ1) is 15.7. The van der Waals surface area contributed by atoms with Crippen LogP contribution >= 0.6 is 0 Å². The number of rotatable bonds is 6. The molecule has 0 unspecified atom stereocenters. The number of nitrogens with one attached hydrogen (secondary N) is 1. The third-order valence-corrected chi connectivity index (χ3v) is 3.71. The van der Waals surface area contributed by atoms with Crippen molar-refractivity contribution >= 4 is 11.6 Å². The van der Waals surface area contributed by atoms with Crippen molar-refractivity contribution in [2.45, 2.75) is 12.5 Å². The van der Waals surface area contributed by atoms with Crippen LogP contribution in [0.4, 0.5) is 5.69 Å². The molecule has 24 heavy (non-hydrogen) atoms. The third kappa shape index (κ3) is 3.95. The lowest BCUT2D eigenvalue weighted by Crippen LogP contribution is -2.37. The van der Waals surface area contributed by atoms with E-state index in [0.29, 0.717) is 6.42 Å². The fourth-order valence-electron chi connectivity index (χ4n) is 2.45. The van der Waals surface area contributed by atoms with Crippen LogP contribution < -0.4 is 11.1 Å². The predicted molar refractivity (Wildman–Crippen MR) is 94.2 cm³/mol. The SMILES string of the molecule is NC(=O)[C@@H](Cc1ccccc1)Nc1ccc(-c2ccncc2)nc1. The Balaban J connectivity index is 1.72. The van der Waals surface area contributed by atoms with Gasteiger partial charge in [0, 0.05) is 24.4 Å². The van der Waals surface area contributed by atoms with Gasteiger partial charge >= 0.3 is 0 Å². The van der Waals surface area contributed by atoms with Gasteiger partial charge in [-0.15, -0.1) is 0 Å². The minimum Gasteiger partial charge on any atom is -0.372 e. The Morgan fingerprint density at radius 2 is 1.79 bits per heavy atom. The van der Waals surface area contributed by atoms with E-state index in [1.165, 1.54) is 0 Å². The van der Waals surface area contributed by atoms with Gasteiger partial charge in [-0.05, 0) is 29.8 Å². The molecule has 0 saturated heterocycles. The number of hydrogen-bond acceptors (Lipinski definition) is 4. The Hall–Kier alpha value is -3.21. The fourth-order valence-corrected chi connectivity index (χ4v) is 2.45. The number of carbonyl (C=O) groups is 1. The summed E-state index contributed by atoms with van der Waals surface area (Å²) in [4.78, 5) is 20.2. The monoisotopic (exact) mass is 318 g/mol. The highest BCUT2D eigenvalue weighted by atomic mass is 16.1. The van der Waals surface area contributed by atoms with Crippen molar-refractivity contribution in [1.29, 1.82) is 0 Å². The van der Waals surface area contributed by atoms with E-state index >= 15 is 0 Å². The number of carbonyl (C=O) groups excluding carboxylic acids is 1. The molecule has 3 N–H and O–H groups in total. The van der Waals surface area contributed by atoms with Crippen LogP contribution in [0.15, 0.2) is 73.2 Å². The molecule has 120 valence electrons. The van der Waals surface area contributed by atoms with Crippen LogP contribution in [-0.4, -0.2) is 21.9 Å². The molecule has 0 aliphatic carbocycles. The standard InChI is InChI=1S/C19H18N4O/c20-19(24)18(12-14-4-2-1-3-5-14)23-16-6-7-17(22-13-16)15-8-10-21-11-9-15/h1-11,13,18,23H,12H2,(H2,20,24)/t18-/m1/s1. The average Bonchev–Trinajstić information content (AvgIpc) is 2.63. The second kappa shape index (κ2) is 7.37. The molecular weight excluding hydrogens is 300 g/mol. The molecule has 1 amide bonds. The van der Waals surface area contributed by atoms with Crippen molar-refractivity contribution in [3.63, 3.8) is 0 Å². The van der Waals surface area contributed by atoms with Gasteiger partial charge in [0.25, 0.3) is 0 Å². The summed E-state index contributed by atoms with van der Waals surface area (Å²) in [6.07, 6.45) is 5.69. The first-order chi connectivity index (χ1) is 11.7. The number of amides is 1. The number of anilines is 1. The first-order valence-corrected chi connectivity index (χ1v) is 7.68. The van der Waals surface area contributed by atoms with Gasteiger partial charge in [0.1, 0.15) is 6.04 Å². The molecule has 2 heterocycles. The summed E-state index contributed by atoms with van der Waals surface area (Å²) < 4.78 is 0. The number of hydrogen-bond donors (Lipinski definition) is 2. The van der Waals surface area contributed by atoms with E-state index in [4.69, 9.17) is 5.73 Å². The molecule has 1 atom stereocenters. The molecule has 0 aliphatic rings. The summed E-state index contributed by atoms with van der Waals surface area (Å²) >= 11 is 0. The normalized spacial score (nSPS) is 11.7. The van der Waals surface area contributed by atoms with Crippen LogP contribution in [0.1, 0.15) is 5.56 Å². The Morgan fingerprint density at radius 1 is 1.04 bits per heavy atom. The van der Waals surface area contributed by atoms with Crippen LogP contribution in [0.25, 0.3) is 11.3 Å². The summed E-state index contributed by atoms with van der Waals surface area (Å²) in [5.74, 6) is -0.392. The fraction of sp³-hybridized carbons (Fsp3) is 0.105. The topological polar surface area (TPSA) is 80.9 Å². The Morgan fingerprint density at radius 3 is 2.42 bits per heavy atom. The summed E-state index contributed by atoms with van der Waals surface area (Å²) in [6, 6.07) is 16.9. The molecule has 0 saturated carbocycles. The molecular formula is C19H18N4O. The molecule has 0 radical (unpaired) electrons. The molecule has 3 aromatic rings. The van der Waals surface area contributed by atoms with E-state index in [-0.39, 0.29) is 0 Å².